The quantitative estimate of drug-likeness (QED) is 0.843. The molecule has 1 saturated heterocycles. The summed E-state index contributed by atoms with van der Waals surface area (Å²) in [6, 6.07) is 14.5. The third-order valence-corrected chi connectivity index (χ3v) is 4.83. The monoisotopic (exact) mass is 375 g/mol. The Morgan fingerprint density at radius 2 is 1.73 bits per heavy atom. The minimum atomic E-state index is -0.194. The molecule has 0 atom stereocenters. The summed E-state index contributed by atoms with van der Waals surface area (Å²) in [6.07, 6.45) is 0.782. The van der Waals surface area contributed by atoms with Crippen LogP contribution in [0.15, 0.2) is 48.5 Å². The molecule has 0 aromatic heterocycles. The van der Waals surface area contributed by atoms with Gasteiger partial charge in [0.05, 0.1) is 12.2 Å². The average molecular weight is 376 g/mol. The van der Waals surface area contributed by atoms with Crippen LogP contribution in [-0.2, 0) is 11.2 Å². The first kappa shape index (κ1) is 18.7. The maximum absolute atomic E-state index is 13.9. The lowest BCUT2D eigenvalue weighted by Crippen LogP contribution is -2.49. The summed E-state index contributed by atoms with van der Waals surface area (Å²) in [4.78, 5) is 16.3. The normalized spacial score (nSPS) is 15.1. The Hall–Kier alpha value is -2.11. The molecule has 0 bridgehead atoms. The van der Waals surface area contributed by atoms with Crippen molar-refractivity contribution in [3.05, 3.63) is 64.9 Å². The van der Waals surface area contributed by atoms with Crippen LogP contribution in [-0.4, -0.2) is 50.1 Å². The molecule has 1 heterocycles. The minimum absolute atomic E-state index is 0.0262. The van der Waals surface area contributed by atoms with Crippen LogP contribution in [0.4, 0.5) is 10.1 Å². The van der Waals surface area contributed by atoms with E-state index in [1.165, 1.54) is 6.07 Å². The highest BCUT2D eigenvalue weighted by Gasteiger charge is 2.20. The summed E-state index contributed by atoms with van der Waals surface area (Å²) in [6.45, 7) is 3.93. The largest absolute Gasteiger partial charge is 0.367 e. The van der Waals surface area contributed by atoms with Gasteiger partial charge in [0.15, 0.2) is 0 Å². The molecule has 2 aromatic carbocycles. The van der Waals surface area contributed by atoms with Gasteiger partial charge in [-0.1, -0.05) is 35.9 Å². The summed E-state index contributed by atoms with van der Waals surface area (Å²) >= 11 is 5.86. The fraction of sp³-hybridized carbons (Fsp3) is 0.350. The Labute approximate surface area is 158 Å². The highest BCUT2D eigenvalue weighted by Crippen LogP contribution is 2.20. The molecule has 0 radical (unpaired) electrons. The highest BCUT2D eigenvalue weighted by molar-refractivity contribution is 6.30. The molecular formula is C20H23ClFN3O. The van der Waals surface area contributed by atoms with Crippen LogP contribution in [0.3, 0.4) is 0 Å². The first-order valence-electron chi connectivity index (χ1n) is 8.85. The molecule has 0 unspecified atom stereocenters. The molecule has 0 aliphatic carbocycles. The van der Waals surface area contributed by atoms with E-state index in [1.54, 1.807) is 12.1 Å². The summed E-state index contributed by atoms with van der Waals surface area (Å²) in [7, 11) is 0. The van der Waals surface area contributed by atoms with Crippen molar-refractivity contribution in [1.82, 2.24) is 10.2 Å². The number of carbonyl (C=O) groups excluding carboxylic acids is 1. The van der Waals surface area contributed by atoms with E-state index >= 15 is 0 Å². The van der Waals surface area contributed by atoms with Crippen molar-refractivity contribution in [2.45, 2.75) is 6.42 Å². The number of benzene rings is 2. The second-order valence-corrected chi connectivity index (χ2v) is 6.88. The van der Waals surface area contributed by atoms with Crippen molar-refractivity contribution >= 4 is 23.2 Å². The summed E-state index contributed by atoms with van der Waals surface area (Å²) < 4.78 is 13.9. The summed E-state index contributed by atoms with van der Waals surface area (Å²) in [5, 5.41) is 3.67. The smallest absolute Gasteiger partial charge is 0.234 e. The van der Waals surface area contributed by atoms with Crippen molar-refractivity contribution in [3.63, 3.8) is 0 Å². The zero-order chi connectivity index (χ0) is 18.4. The predicted octanol–water partition coefficient (Wildman–Crippen LogP) is 2.96. The van der Waals surface area contributed by atoms with Gasteiger partial charge >= 0.3 is 0 Å². The van der Waals surface area contributed by atoms with E-state index < -0.39 is 0 Å². The molecular weight excluding hydrogens is 353 g/mol. The van der Waals surface area contributed by atoms with E-state index in [1.807, 2.05) is 35.2 Å². The van der Waals surface area contributed by atoms with Gasteiger partial charge in [-0.05, 0) is 36.2 Å². The van der Waals surface area contributed by atoms with Gasteiger partial charge in [0.25, 0.3) is 0 Å². The van der Waals surface area contributed by atoms with Gasteiger partial charge in [0.2, 0.25) is 5.91 Å². The molecule has 26 heavy (non-hydrogen) atoms. The Morgan fingerprint density at radius 3 is 2.42 bits per heavy atom. The van der Waals surface area contributed by atoms with Crippen LogP contribution in [0.25, 0.3) is 0 Å². The van der Waals surface area contributed by atoms with Gasteiger partial charge in [0.1, 0.15) is 5.82 Å². The number of amides is 1. The highest BCUT2D eigenvalue weighted by atomic mass is 35.5. The van der Waals surface area contributed by atoms with E-state index in [9.17, 15) is 9.18 Å². The molecule has 1 aliphatic rings. The lowest BCUT2D eigenvalue weighted by atomic mass is 10.1. The molecule has 1 amide bonds. The number of anilines is 1. The van der Waals surface area contributed by atoms with Gasteiger partial charge in [-0.3, -0.25) is 9.69 Å². The number of nitrogens with zero attached hydrogens (tertiary/aromatic N) is 2. The van der Waals surface area contributed by atoms with Crippen molar-refractivity contribution in [1.29, 1.82) is 0 Å². The third kappa shape index (κ3) is 5.19. The average Bonchev–Trinajstić information content (AvgIpc) is 2.65. The molecule has 1 N–H and O–H groups in total. The fourth-order valence-electron chi connectivity index (χ4n) is 3.11. The van der Waals surface area contributed by atoms with Gasteiger partial charge in [-0.2, -0.15) is 0 Å². The van der Waals surface area contributed by atoms with Gasteiger partial charge in [-0.15, -0.1) is 0 Å². The topological polar surface area (TPSA) is 35.6 Å². The molecule has 2 aromatic rings. The number of nitrogens with one attached hydrogen (secondary N) is 1. The number of halogens is 2. The van der Waals surface area contributed by atoms with Gasteiger partial charge in [-0.25, -0.2) is 4.39 Å². The number of rotatable bonds is 6. The Bertz CT molecular complexity index is 730. The molecule has 0 spiro atoms. The standard InChI is InChI=1S/C20H23ClFN3O/c21-17-7-5-16(6-8-17)9-10-23-20(26)15-24-11-13-25(14-12-24)19-4-2-1-3-18(19)22/h1-8H,9-15H2,(H,23,26). The number of carbonyl (C=O) groups is 1. The van der Waals surface area contributed by atoms with E-state index in [0.717, 1.165) is 38.2 Å². The minimum Gasteiger partial charge on any atom is -0.367 e. The second kappa shape index (κ2) is 9.01. The Balaban J connectivity index is 1.38. The predicted molar refractivity (Wildman–Crippen MR) is 103 cm³/mol. The SMILES string of the molecule is O=C(CN1CCN(c2ccccc2F)CC1)NCCc1ccc(Cl)cc1. The molecule has 6 heteroatoms. The Kier molecular flexibility index (Phi) is 6.47. The van der Waals surface area contributed by atoms with Crippen molar-refractivity contribution in [3.8, 4) is 0 Å². The van der Waals surface area contributed by atoms with E-state index in [2.05, 4.69) is 10.2 Å². The van der Waals surface area contributed by atoms with Crippen LogP contribution in [0.5, 0.6) is 0 Å². The van der Waals surface area contributed by atoms with Crippen molar-refractivity contribution < 1.29 is 9.18 Å². The lowest BCUT2D eigenvalue weighted by molar-refractivity contribution is -0.122. The van der Waals surface area contributed by atoms with Gasteiger partial charge < -0.3 is 10.2 Å². The fourth-order valence-corrected chi connectivity index (χ4v) is 3.24. The van der Waals surface area contributed by atoms with Crippen LogP contribution < -0.4 is 10.2 Å². The van der Waals surface area contributed by atoms with Crippen LogP contribution in [0.1, 0.15) is 5.56 Å². The van der Waals surface area contributed by atoms with Crippen LogP contribution >= 0.6 is 11.6 Å². The molecule has 138 valence electrons. The van der Waals surface area contributed by atoms with Crippen molar-refractivity contribution in [2.24, 2.45) is 0 Å². The van der Waals surface area contributed by atoms with Crippen LogP contribution in [0, 0.1) is 5.82 Å². The zero-order valence-electron chi connectivity index (χ0n) is 14.6. The molecule has 3 rings (SSSR count). The number of hydrogen-bond donors (Lipinski definition) is 1. The number of para-hydroxylation sites is 1. The first-order valence-corrected chi connectivity index (χ1v) is 9.22. The molecule has 4 nitrogen and oxygen atoms in total. The molecule has 1 aliphatic heterocycles. The second-order valence-electron chi connectivity index (χ2n) is 6.44. The van der Waals surface area contributed by atoms with E-state index in [4.69, 9.17) is 11.6 Å². The van der Waals surface area contributed by atoms with Crippen molar-refractivity contribution in [2.75, 3.05) is 44.2 Å². The molecule has 1 fully saturated rings. The lowest BCUT2D eigenvalue weighted by Gasteiger charge is -2.35. The third-order valence-electron chi connectivity index (χ3n) is 4.58. The van der Waals surface area contributed by atoms with E-state index in [-0.39, 0.29) is 11.7 Å². The van der Waals surface area contributed by atoms with Crippen LogP contribution in [0.2, 0.25) is 5.02 Å². The Morgan fingerprint density at radius 1 is 1.04 bits per heavy atom. The van der Waals surface area contributed by atoms with Gasteiger partial charge in [0, 0.05) is 37.7 Å². The maximum atomic E-state index is 13.9. The number of piperazine rings is 1. The zero-order valence-corrected chi connectivity index (χ0v) is 15.4. The number of hydrogen-bond acceptors (Lipinski definition) is 3. The summed E-state index contributed by atoms with van der Waals surface area (Å²) in [5.41, 5.74) is 1.78. The first-order chi connectivity index (χ1) is 12.6. The van der Waals surface area contributed by atoms with E-state index in [0.29, 0.717) is 23.8 Å². The molecule has 0 saturated carbocycles. The maximum Gasteiger partial charge on any atom is 0.234 e. The summed E-state index contributed by atoms with van der Waals surface area (Å²) in [5.74, 6) is -0.167.